The van der Waals surface area contributed by atoms with Crippen molar-refractivity contribution in [3.63, 3.8) is 0 Å². The molecule has 54 valence electrons. The van der Waals surface area contributed by atoms with Gasteiger partial charge in [-0.25, -0.2) is 4.79 Å². The van der Waals surface area contributed by atoms with E-state index < -0.39 is 12.1 Å². The van der Waals surface area contributed by atoms with Gasteiger partial charge in [-0.3, -0.25) is 0 Å². The van der Waals surface area contributed by atoms with Crippen LogP contribution in [0.15, 0.2) is 0 Å². The average Bonchev–Trinajstić information content (AvgIpc) is 1.69. The van der Waals surface area contributed by atoms with Gasteiger partial charge in [-0.05, 0) is 0 Å². The number of alkyl halides is 3. The van der Waals surface area contributed by atoms with Crippen molar-refractivity contribution in [2.75, 3.05) is 0 Å². The van der Waals surface area contributed by atoms with Crippen molar-refractivity contribution in [1.29, 1.82) is 0 Å². The van der Waals surface area contributed by atoms with E-state index in [1.165, 1.54) is 9.12 Å². The highest BCUT2D eigenvalue weighted by Gasteiger charge is 2.38. The molecule has 0 saturated carbocycles. The smallest absolute Gasteiger partial charge is 0.475 e. The Balaban J connectivity index is 0. The van der Waals surface area contributed by atoms with E-state index in [2.05, 4.69) is 0 Å². The van der Waals surface area contributed by atoms with Crippen LogP contribution in [-0.2, 0) is 9.36 Å². The van der Waals surface area contributed by atoms with Crippen molar-refractivity contribution in [2.24, 2.45) is 0 Å². The summed E-state index contributed by atoms with van der Waals surface area (Å²) < 4.78 is 39.9. The highest BCUT2D eigenvalue weighted by molar-refractivity contribution is 7.00. The third-order valence-corrected chi connectivity index (χ3v) is 0.243. The molecule has 0 spiro atoms. The maximum atomic E-state index is 10.6. The average molecular weight is 163 g/mol. The Morgan fingerprint density at radius 2 is 1.44 bits per heavy atom. The molecular weight excluding hydrogens is 160 g/mol. The first-order valence-corrected chi connectivity index (χ1v) is 1.95. The molecule has 0 bridgehead atoms. The predicted octanol–water partition coefficient (Wildman–Crippen LogP) is 0.840. The fraction of sp³-hybridized carbons (Fsp3) is 0.500. The SMILES string of the molecule is O=C(O)C(F)(F)F.O=[PH2+]. The second-order valence-electron chi connectivity index (χ2n) is 0.803. The van der Waals surface area contributed by atoms with Gasteiger partial charge in [0.1, 0.15) is 0 Å². The molecule has 0 aliphatic rings. The van der Waals surface area contributed by atoms with Gasteiger partial charge in [-0.15, -0.1) is 0 Å². The van der Waals surface area contributed by atoms with Gasteiger partial charge >= 0.3 is 21.3 Å². The molecule has 0 aliphatic carbocycles. The van der Waals surface area contributed by atoms with Crippen LogP contribution in [0.1, 0.15) is 0 Å². The van der Waals surface area contributed by atoms with Gasteiger partial charge in [0.15, 0.2) is 0 Å². The van der Waals surface area contributed by atoms with E-state index in [0.29, 0.717) is 0 Å². The Bertz CT molecular complexity index is 99.7. The lowest BCUT2D eigenvalue weighted by Gasteiger charge is -1.93. The van der Waals surface area contributed by atoms with E-state index in [1.54, 1.807) is 0 Å². The van der Waals surface area contributed by atoms with E-state index in [9.17, 15) is 13.2 Å². The molecule has 0 saturated heterocycles. The number of hydrogen-bond donors (Lipinski definition) is 1. The van der Waals surface area contributed by atoms with E-state index in [1.807, 2.05) is 0 Å². The van der Waals surface area contributed by atoms with E-state index in [0.717, 1.165) is 0 Å². The molecule has 7 heteroatoms. The first kappa shape index (κ1) is 11.2. The number of carbonyl (C=O) groups is 1. The fourth-order valence-corrected chi connectivity index (χ4v) is 0. The maximum absolute atomic E-state index is 10.6. The standard InChI is InChI=1S/C2HF3O2.H2OP/c3-2(4,5)1(6)7;1-2/h(H,6,7);2H2/q;+1. The van der Waals surface area contributed by atoms with Gasteiger partial charge in [-0.2, -0.15) is 13.2 Å². The van der Waals surface area contributed by atoms with Crippen LogP contribution < -0.4 is 0 Å². The molecule has 0 aromatic carbocycles. The molecule has 1 unspecified atom stereocenters. The normalized spacial score (nSPS) is 9.22. The number of carboxylic acids is 1. The molecule has 0 rings (SSSR count). The Kier molecular flexibility index (Phi) is 5.30. The minimum absolute atomic E-state index is 1.17. The summed E-state index contributed by atoms with van der Waals surface area (Å²) in [7, 11) is 1.17. The number of halogens is 3. The first-order chi connectivity index (χ1) is 3.94. The Hall–Kier alpha value is -0.640. The summed E-state index contributed by atoms with van der Waals surface area (Å²) in [6.45, 7) is 0. The quantitative estimate of drug-likeness (QED) is 0.538. The van der Waals surface area contributed by atoms with Crippen LogP contribution in [0, 0.1) is 0 Å². The highest BCUT2D eigenvalue weighted by atomic mass is 31.0. The zero-order valence-electron chi connectivity index (χ0n) is 3.97. The zero-order chi connectivity index (χ0) is 8.08. The maximum Gasteiger partial charge on any atom is 0.490 e. The molecular formula is C2H3F3O3P+. The molecule has 0 amide bonds. The topological polar surface area (TPSA) is 54.4 Å². The number of carboxylic acid groups (broad SMARTS) is 1. The molecule has 0 aromatic heterocycles. The predicted molar refractivity (Wildman–Crippen MR) is 24.1 cm³/mol. The minimum Gasteiger partial charge on any atom is -0.475 e. The summed E-state index contributed by atoms with van der Waals surface area (Å²) in [6.07, 6.45) is -5.08. The summed E-state index contributed by atoms with van der Waals surface area (Å²) >= 11 is 0. The lowest BCUT2D eigenvalue weighted by molar-refractivity contribution is -0.192. The summed E-state index contributed by atoms with van der Waals surface area (Å²) in [6, 6.07) is 0. The molecule has 1 atom stereocenters. The third-order valence-electron chi connectivity index (χ3n) is 0.243. The molecule has 0 heterocycles. The lowest BCUT2D eigenvalue weighted by Crippen LogP contribution is -2.21. The molecule has 0 aliphatic heterocycles. The van der Waals surface area contributed by atoms with Crippen LogP contribution in [0.5, 0.6) is 0 Å². The molecule has 0 aromatic rings. The Labute approximate surface area is 50.1 Å². The van der Waals surface area contributed by atoms with Crippen molar-refractivity contribution in [1.82, 2.24) is 0 Å². The highest BCUT2D eigenvalue weighted by Crippen LogP contribution is 2.13. The van der Waals surface area contributed by atoms with Crippen LogP contribution in [0.25, 0.3) is 0 Å². The molecule has 1 N–H and O–H groups in total. The summed E-state index contributed by atoms with van der Waals surface area (Å²) in [5.74, 6) is -2.76. The van der Waals surface area contributed by atoms with Gasteiger partial charge < -0.3 is 5.11 Å². The number of rotatable bonds is 0. The minimum atomic E-state index is -5.08. The third kappa shape index (κ3) is 7.36. The first-order valence-electron chi connectivity index (χ1n) is 1.48. The van der Waals surface area contributed by atoms with Gasteiger partial charge in [0.05, 0.1) is 0 Å². The molecule has 0 fully saturated rings. The van der Waals surface area contributed by atoms with Gasteiger partial charge in [-0.1, -0.05) is 4.57 Å². The van der Waals surface area contributed by atoms with E-state index in [-0.39, 0.29) is 0 Å². The van der Waals surface area contributed by atoms with Crippen molar-refractivity contribution in [3.05, 3.63) is 0 Å². The van der Waals surface area contributed by atoms with Crippen LogP contribution in [0.3, 0.4) is 0 Å². The summed E-state index contributed by atoms with van der Waals surface area (Å²) in [5, 5.41) is 7.12. The number of hydrogen-bond acceptors (Lipinski definition) is 2. The van der Waals surface area contributed by atoms with Crippen LogP contribution in [0.4, 0.5) is 13.2 Å². The van der Waals surface area contributed by atoms with E-state index in [4.69, 9.17) is 14.5 Å². The summed E-state index contributed by atoms with van der Waals surface area (Å²) in [5.41, 5.74) is 0. The Morgan fingerprint density at radius 1 is 1.33 bits per heavy atom. The summed E-state index contributed by atoms with van der Waals surface area (Å²) in [4.78, 5) is 8.90. The largest absolute Gasteiger partial charge is 0.490 e. The van der Waals surface area contributed by atoms with Crippen LogP contribution in [-0.4, -0.2) is 17.3 Å². The van der Waals surface area contributed by atoms with Gasteiger partial charge in [0.2, 0.25) is 0 Å². The van der Waals surface area contributed by atoms with Crippen molar-refractivity contribution < 1.29 is 27.6 Å². The monoisotopic (exact) mass is 163 g/mol. The van der Waals surface area contributed by atoms with E-state index >= 15 is 0 Å². The molecule has 9 heavy (non-hydrogen) atoms. The fourth-order valence-electron chi connectivity index (χ4n) is 0. The van der Waals surface area contributed by atoms with Gasteiger partial charge in [0.25, 0.3) is 0 Å². The van der Waals surface area contributed by atoms with Gasteiger partial charge in [0, 0.05) is 0 Å². The number of aliphatic carboxylic acids is 1. The van der Waals surface area contributed by atoms with Crippen LogP contribution in [0.2, 0.25) is 0 Å². The van der Waals surface area contributed by atoms with Crippen LogP contribution >= 0.6 is 9.12 Å². The Morgan fingerprint density at radius 3 is 1.44 bits per heavy atom. The van der Waals surface area contributed by atoms with Crippen molar-refractivity contribution in [3.8, 4) is 0 Å². The van der Waals surface area contributed by atoms with Crippen molar-refractivity contribution in [2.45, 2.75) is 6.18 Å². The lowest BCUT2D eigenvalue weighted by atomic mass is 10.7. The second kappa shape index (κ2) is 4.26. The second-order valence-corrected chi connectivity index (χ2v) is 0.803. The molecule has 3 nitrogen and oxygen atoms in total. The van der Waals surface area contributed by atoms with Crippen molar-refractivity contribution >= 4 is 15.1 Å². The zero-order valence-corrected chi connectivity index (χ0v) is 5.13. The molecule has 0 radical (unpaired) electrons.